The van der Waals surface area contributed by atoms with Gasteiger partial charge < -0.3 is 5.11 Å². The minimum absolute atomic E-state index is 0.431. The van der Waals surface area contributed by atoms with Gasteiger partial charge in [0, 0.05) is 18.0 Å². The Bertz CT molecular complexity index is 436. The van der Waals surface area contributed by atoms with Crippen LogP contribution in [0.25, 0.3) is 0 Å². The predicted octanol–water partition coefficient (Wildman–Crippen LogP) is 3.00. The van der Waals surface area contributed by atoms with Crippen LogP contribution in [0, 0.1) is 0 Å². The van der Waals surface area contributed by atoms with Crippen molar-refractivity contribution in [2.24, 2.45) is 0 Å². The Hall–Kier alpha value is -0.570. The molecule has 1 aliphatic carbocycles. The van der Waals surface area contributed by atoms with E-state index in [1.165, 1.54) is 31.5 Å². The third-order valence-electron chi connectivity index (χ3n) is 4.07. The molecule has 2 fully saturated rings. The van der Waals surface area contributed by atoms with Crippen LogP contribution in [0.1, 0.15) is 36.8 Å². The van der Waals surface area contributed by atoms with Gasteiger partial charge in [-0.2, -0.15) is 0 Å². The Balaban J connectivity index is 1.68. The van der Waals surface area contributed by atoms with Gasteiger partial charge >= 0.3 is 0 Å². The van der Waals surface area contributed by atoms with Crippen LogP contribution >= 0.6 is 11.6 Å². The lowest BCUT2D eigenvalue weighted by molar-refractivity contribution is 0.151. The number of benzene rings is 1. The Morgan fingerprint density at radius 1 is 1.22 bits per heavy atom. The summed E-state index contributed by atoms with van der Waals surface area (Å²) in [5.41, 5.74) is 1.94. The molecule has 0 radical (unpaired) electrons. The summed E-state index contributed by atoms with van der Waals surface area (Å²) in [6, 6.07) is 6.28. The number of halogens is 1. The highest BCUT2D eigenvalue weighted by Crippen LogP contribution is 2.38. The molecule has 1 saturated heterocycles. The van der Waals surface area contributed by atoms with Crippen molar-refractivity contribution in [1.29, 1.82) is 0 Å². The average Bonchev–Trinajstić information content (AvgIpc) is 2.86. The fourth-order valence-electron chi connectivity index (χ4n) is 2.71. The number of nitrogens with zero attached hydrogens (tertiary/aromatic N) is 1. The highest BCUT2D eigenvalue weighted by atomic mass is 35.5. The van der Waals surface area contributed by atoms with Crippen molar-refractivity contribution in [2.45, 2.75) is 44.2 Å². The van der Waals surface area contributed by atoms with Gasteiger partial charge in [0.05, 0.1) is 5.60 Å². The third kappa shape index (κ3) is 2.87. The Morgan fingerprint density at radius 2 is 1.94 bits per heavy atom. The zero-order valence-electron chi connectivity index (χ0n) is 10.7. The lowest BCUT2D eigenvalue weighted by Gasteiger charge is -2.16. The van der Waals surface area contributed by atoms with Crippen LogP contribution in [0.2, 0.25) is 5.02 Å². The first kappa shape index (κ1) is 12.5. The fraction of sp³-hybridized carbons (Fsp3) is 0.600. The van der Waals surface area contributed by atoms with Gasteiger partial charge in [-0.15, -0.1) is 0 Å². The molecule has 0 spiro atoms. The van der Waals surface area contributed by atoms with E-state index in [2.05, 4.69) is 17.0 Å². The first-order valence-electron chi connectivity index (χ1n) is 6.87. The molecule has 1 N–H and O–H groups in total. The summed E-state index contributed by atoms with van der Waals surface area (Å²) in [6.45, 7) is 3.35. The summed E-state index contributed by atoms with van der Waals surface area (Å²) in [5.74, 6) is 0. The van der Waals surface area contributed by atoms with Gasteiger partial charge in [0.2, 0.25) is 0 Å². The highest BCUT2D eigenvalue weighted by Gasteiger charge is 2.40. The highest BCUT2D eigenvalue weighted by molar-refractivity contribution is 6.31. The maximum Gasteiger partial charge on any atom is 0.0690 e. The molecule has 98 valence electrons. The van der Waals surface area contributed by atoms with Crippen LogP contribution in [0.3, 0.4) is 0 Å². The van der Waals surface area contributed by atoms with Crippen molar-refractivity contribution in [1.82, 2.24) is 4.90 Å². The molecule has 18 heavy (non-hydrogen) atoms. The topological polar surface area (TPSA) is 23.5 Å². The SMILES string of the molecule is OC1(Cc2ccc(CN3CCCC3)c(Cl)c2)CC1. The Morgan fingerprint density at radius 3 is 2.56 bits per heavy atom. The molecule has 0 bridgehead atoms. The molecule has 2 nitrogen and oxygen atoms in total. The van der Waals surface area contributed by atoms with E-state index in [0.717, 1.165) is 36.4 Å². The molecule has 3 heteroatoms. The fourth-order valence-corrected chi connectivity index (χ4v) is 2.97. The zero-order valence-corrected chi connectivity index (χ0v) is 11.4. The average molecular weight is 266 g/mol. The summed E-state index contributed by atoms with van der Waals surface area (Å²) >= 11 is 6.35. The van der Waals surface area contributed by atoms with E-state index in [1.54, 1.807) is 0 Å². The molecule has 2 aliphatic rings. The second kappa shape index (κ2) is 4.84. The molecular formula is C15H20ClNO. The minimum Gasteiger partial charge on any atom is -0.390 e. The lowest BCUT2D eigenvalue weighted by atomic mass is 10.0. The first-order valence-corrected chi connectivity index (χ1v) is 7.25. The minimum atomic E-state index is -0.431. The van der Waals surface area contributed by atoms with E-state index in [9.17, 15) is 5.11 Å². The van der Waals surface area contributed by atoms with Crippen molar-refractivity contribution < 1.29 is 5.11 Å². The van der Waals surface area contributed by atoms with Gasteiger partial charge in [0.15, 0.2) is 0 Å². The molecule has 0 amide bonds. The van der Waals surface area contributed by atoms with Gasteiger partial charge in [-0.25, -0.2) is 0 Å². The molecule has 1 heterocycles. The van der Waals surface area contributed by atoms with E-state index in [1.807, 2.05) is 6.07 Å². The number of rotatable bonds is 4. The first-order chi connectivity index (χ1) is 8.65. The van der Waals surface area contributed by atoms with Gasteiger partial charge in [-0.1, -0.05) is 23.7 Å². The second-order valence-electron chi connectivity index (χ2n) is 5.81. The molecule has 1 aromatic carbocycles. The smallest absolute Gasteiger partial charge is 0.0690 e. The molecule has 1 aliphatic heterocycles. The third-order valence-corrected chi connectivity index (χ3v) is 4.42. The summed E-state index contributed by atoms with van der Waals surface area (Å²) in [4.78, 5) is 2.45. The van der Waals surface area contributed by atoms with Crippen LogP contribution < -0.4 is 0 Å². The summed E-state index contributed by atoms with van der Waals surface area (Å²) in [6.07, 6.45) is 5.22. The van der Waals surface area contributed by atoms with Crippen LogP contribution in [0.5, 0.6) is 0 Å². The van der Waals surface area contributed by atoms with Crippen LogP contribution in [0.15, 0.2) is 18.2 Å². The summed E-state index contributed by atoms with van der Waals surface area (Å²) in [5, 5.41) is 10.8. The maximum absolute atomic E-state index is 9.92. The van der Waals surface area contributed by atoms with E-state index in [0.29, 0.717) is 0 Å². The second-order valence-corrected chi connectivity index (χ2v) is 6.22. The Kier molecular flexibility index (Phi) is 3.35. The van der Waals surface area contributed by atoms with Gasteiger partial charge in [0.25, 0.3) is 0 Å². The monoisotopic (exact) mass is 265 g/mol. The largest absolute Gasteiger partial charge is 0.390 e. The molecule has 3 rings (SSSR count). The van der Waals surface area contributed by atoms with Gasteiger partial charge in [-0.05, 0) is 56.0 Å². The molecule has 0 unspecified atom stereocenters. The number of hydrogen-bond donors (Lipinski definition) is 1. The quantitative estimate of drug-likeness (QED) is 0.905. The molecule has 0 aromatic heterocycles. The molecule has 1 aromatic rings. The number of aliphatic hydroxyl groups is 1. The summed E-state index contributed by atoms with van der Waals surface area (Å²) < 4.78 is 0. The zero-order chi connectivity index (χ0) is 12.6. The van der Waals surface area contributed by atoms with E-state index < -0.39 is 5.60 Å². The standard InChI is InChI=1S/C15H20ClNO/c16-14-9-12(10-15(18)5-6-15)3-4-13(14)11-17-7-1-2-8-17/h3-4,9,18H,1-2,5-8,10-11H2. The van der Waals surface area contributed by atoms with E-state index in [-0.39, 0.29) is 0 Å². The van der Waals surface area contributed by atoms with Crippen molar-refractivity contribution >= 4 is 11.6 Å². The predicted molar refractivity (Wildman–Crippen MR) is 73.9 cm³/mol. The van der Waals surface area contributed by atoms with Crippen LogP contribution in [-0.4, -0.2) is 28.7 Å². The van der Waals surface area contributed by atoms with Crippen molar-refractivity contribution in [3.8, 4) is 0 Å². The van der Waals surface area contributed by atoms with Crippen molar-refractivity contribution in [3.63, 3.8) is 0 Å². The van der Waals surface area contributed by atoms with Gasteiger partial charge in [0.1, 0.15) is 0 Å². The summed E-state index contributed by atoms with van der Waals surface area (Å²) in [7, 11) is 0. The van der Waals surface area contributed by atoms with E-state index >= 15 is 0 Å². The lowest BCUT2D eigenvalue weighted by Crippen LogP contribution is -2.18. The van der Waals surface area contributed by atoms with E-state index in [4.69, 9.17) is 11.6 Å². The Labute approximate surface area is 114 Å². The van der Waals surface area contributed by atoms with Crippen LogP contribution in [0.4, 0.5) is 0 Å². The van der Waals surface area contributed by atoms with Crippen LogP contribution in [-0.2, 0) is 13.0 Å². The number of hydrogen-bond acceptors (Lipinski definition) is 2. The maximum atomic E-state index is 9.92. The molecule has 1 saturated carbocycles. The number of likely N-dealkylation sites (tertiary alicyclic amines) is 1. The molecule has 0 atom stereocenters. The normalized spacial score (nSPS) is 22.3. The van der Waals surface area contributed by atoms with Crippen molar-refractivity contribution in [2.75, 3.05) is 13.1 Å². The molecular weight excluding hydrogens is 246 g/mol. The van der Waals surface area contributed by atoms with Crippen molar-refractivity contribution in [3.05, 3.63) is 34.3 Å². The van der Waals surface area contributed by atoms with Gasteiger partial charge in [-0.3, -0.25) is 4.90 Å².